The average molecular weight is 401 g/mol. The zero-order chi connectivity index (χ0) is 20.7. The van der Waals surface area contributed by atoms with E-state index in [0.29, 0.717) is 18.2 Å². The lowest BCUT2D eigenvalue weighted by molar-refractivity contribution is -0.0644. The number of carbonyl (C=O) groups is 1. The first-order chi connectivity index (χ1) is 14.6. The van der Waals surface area contributed by atoms with Crippen LogP contribution in [0.25, 0.3) is 11.3 Å². The van der Waals surface area contributed by atoms with Gasteiger partial charge < -0.3 is 14.6 Å². The molecule has 1 aliphatic heterocycles. The van der Waals surface area contributed by atoms with Crippen LogP contribution in [0.5, 0.6) is 0 Å². The molecular weight excluding hydrogens is 372 g/mol. The third-order valence-electron chi connectivity index (χ3n) is 7.16. The third-order valence-corrected chi connectivity index (χ3v) is 7.16. The summed E-state index contributed by atoms with van der Waals surface area (Å²) in [6, 6.07) is 24.1. The van der Waals surface area contributed by atoms with Crippen molar-refractivity contribution >= 4 is 5.91 Å². The topological polar surface area (TPSA) is 45.5 Å². The third kappa shape index (κ3) is 3.07. The largest absolute Gasteiger partial charge is 0.385 e. The molecule has 5 rings (SSSR count). The average Bonchev–Trinajstić information content (AvgIpc) is 3.39. The summed E-state index contributed by atoms with van der Waals surface area (Å²) in [4.78, 5) is 15.4. The Labute approximate surface area is 177 Å². The van der Waals surface area contributed by atoms with Crippen LogP contribution >= 0.6 is 0 Å². The summed E-state index contributed by atoms with van der Waals surface area (Å²) in [5.41, 5.74) is 2.99. The van der Waals surface area contributed by atoms with Gasteiger partial charge in [-0.2, -0.15) is 0 Å². The number of hydrogen-bond acceptors (Lipinski definition) is 2. The van der Waals surface area contributed by atoms with Gasteiger partial charge in [0.05, 0.1) is 5.60 Å². The van der Waals surface area contributed by atoms with E-state index in [2.05, 4.69) is 12.1 Å². The van der Waals surface area contributed by atoms with Crippen LogP contribution in [-0.4, -0.2) is 33.6 Å². The van der Waals surface area contributed by atoms with Crippen LogP contribution in [0.1, 0.15) is 35.3 Å². The van der Waals surface area contributed by atoms with Crippen LogP contribution in [0.2, 0.25) is 0 Å². The van der Waals surface area contributed by atoms with Crippen LogP contribution < -0.4 is 0 Å². The van der Waals surface area contributed by atoms with Gasteiger partial charge in [0.1, 0.15) is 5.69 Å². The van der Waals surface area contributed by atoms with E-state index in [1.165, 1.54) is 0 Å². The summed E-state index contributed by atoms with van der Waals surface area (Å²) in [5.74, 6) is 0.498. The van der Waals surface area contributed by atoms with E-state index >= 15 is 0 Å². The molecule has 154 valence electrons. The van der Waals surface area contributed by atoms with Crippen molar-refractivity contribution in [2.24, 2.45) is 18.9 Å². The summed E-state index contributed by atoms with van der Waals surface area (Å²) >= 11 is 0. The van der Waals surface area contributed by atoms with Crippen LogP contribution in [0, 0.1) is 11.8 Å². The quantitative estimate of drug-likeness (QED) is 0.706. The lowest BCUT2D eigenvalue weighted by Crippen LogP contribution is -2.43. The Morgan fingerprint density at radius 1 is 0.967 bits per heavy atom. The predicted octanol–water partition coefficient (Wildman–Crippen LogP) is 4.45. The molecule has 0 radical (unpaired) electrons. The molecule has 4 nitrogen and oxygen atoms in total. The predicted molar refractivity (Wildman–Crippen MR) is 118 cm³/mol. The Kier molecular flexibility index (Phi) is 4.75. The molecule has 1 aliphatic carbocycles. The van der Waals surface area contributed by atoms with E-state index in [9.17, 15) is 9.90 Å². The number of benzene rings is 2. The highest BCUT2D eigenvalue weighted by atomic mass is 16.3. The van der Waals surface area contributed by atoms with Crippen molar-refractivity contribution in [3.63, 3.8) is 0 Å². The number of nitrogens with zero attached hydrogens (tertiary/aromatic N) is 2. The van der Waals surface area contributed by atoms with E-state index < -0.39 is 5.60 Å². The Balaban J connectivity index is 1.41. The zero-order valence-corrected chi connectivity index (χ0v) is 17.4. The van der Waals surface area contributed by atoms with Gasteiger partial charge in [-0.1, -0.05) is 60.7 Å². The van der Waals surface area contributed by atoms with Crippen molar-refractivity contribution in [1.82, 2.24) is 9.47 Å². The van der Waals surface area contributed by atoms with Gasteiger partial charge in [-0.15, -0.1) is 0 Å². The summed E-state index contributed by atoms with van der Waals surface area (Å²) in [6.07, 6.45) is 2.84. The van der Waals surface area contributed by atoms with Gasteiger partial charge in [0.15, 0.2) is 0 Å². The maximum absolute atomic E-state index is 13.4. The number of likely N-dealkylation sites (tertiary alicyclic amines) is 1. The van der Waals surface area contributed by atoms with E-state index in [0.717, 1.165) is 42.6 Å². The highest BCUT2D eigenvalue weighted by Gasteiger charge is 2.50. The minimum Gasteiger partial charge on any atom is -0.385 e. The van der Waals surface area contributed by atoms with Crippen molar-refractivity contribution in [3.8, 4) is 11.3 Å². The fourth-order valence-electron chi connectivity index (χ4n) is 5.56. The molecule has 0 unspecified atom stereocenters. The van der Waals surface area contributed by atoms with Crippen molar-refractivity contribution in [3.05, 3.63) is 84.1 Å². The molecule has 3 atom stereocenters. The molecule has 4 heteroatoms. The molecule has 2 heterocycles. The lowest BCUT2D eigenvalue weighted by atomic mass is 9.67. The SMILES string of the molecule is Cn1c(C(=O)N2C[C@@H]3CCC[C@@](O)(c4ccccc4)[C@@H]3C2)ccc1-c1ccccc1. The number of carbonyl (C=O) groups excluding carboxylic acids is 1. The van der Waals surface area contributed by atoms with E-state index in [4.69, 9.17) is 0 Å². The Hall–Kier alpha value is -2.85. The molecule has 2 aliphatic rings. The molecule has 1 N–H and O–H groups in total. The Morgan fingerprint density at radius 2 is 1.67 bits per heavy atom. The molecule has 2 fully saturated rings. The molecule has 2 aromatic carbocycles. The number of rotatable bonds is 3. The van der Waals surface area contributed by atoms with Gasteiger partial charge in [0.2, 0.25) is 0 Å². The fraction of sp³-hybridized carbons (Fsp3) is 0.346. The number of hydrogen-bond donors (Lipinski definition) is 1. The van der Waals surface area contributed by atoms with Crippen molar-refractivity contribution < 1.29 is 9.90 Å². The molecular formula is C26H28N2O2. The van der Waals surface area contributed by atoms with Crippen molar-refractivity contribution in [1.29, 1.82) is 0 Å². The first-order valence-electron chi connectivity index (χ1n) is 10.9. The van der Waals surface area contributed by atoms with Crippen LogP contribution in [0.15, 0.2) is 72.8 Å². The number of aliphatic hydroxyl groups is 1. The van der Waals surface area contributed by atoms with E-state index in [1.54, 1.807) is 0 Å². The summed E-state index contributed by atoms with van der Waals surface area (Å²) in [5, 5.41) is 11.6. The summed E-state index contributed by atoms with van der Waals surface area (Å²) < 4.78 is 1.99. The number of amides is 1. The number of fused-ring (bicyclic) bond motifs is 1. The second-order valence-electron chi connectivity index (χ2n) is 8.79. The highest BCUT2D eigenvalue weighted by molar-refractivity contribution is 5.94. The second-order valence-corrected chi connectivity index (χ2v) is 8.79. The van der Waals surface area contributed by atoms with Gasteiger partial charge in [-0.05, 0) is 48.4 Å². The second kappa shape index (κ2) is 7.44. The molecule has 30 heavy (non-hydrogen) atoms. The summed E-state index contributed by atoms with van der Waals surface area (Å²) in [7, 11) is 1.96. The number of aromatic nitrogens is 1. The highest BCUT2D eigenvalue weighted by Crippen LogP contribution is 2.48. The molecule has 1 aromatic heterocycles. The van der Waals surface area contributed by atoms with Gasteiger partial charge >= 0.3 is 0 Å². The van der Waals surface area contributed by atoms with Gasteiger partial charge in [-0.3, -0.25) is 4.79 Å². The molecule has 3 aromatic rings. The minimum absolute atomic E-state index is 0.0597. The van der Waals surface area contributed by atoms with Crippen molar-refractivity contribution in [2.75, 3.05) is 13.1 Å². The van der Waals surface area contributed by atoms with Gasteiger partial charge in [0, 0.05) is 31.7 Å². The molecule has 0 bridgehead atoms. The molecule has 0 spiro atoms. The molecule has 1 amide bonds. The molecule has 1 saturated heterocycles. The van der Waals surface area contributed by atoms with Gasteiger partial charge in [0.25, 0.3) is 5.91 Å². The maximum atomic E-state index is 13.4. The Morgan fingerprint density at radius 3 is 2.40 bits per heavy atom. The van der Waals surface area contributed by atoms with E-state index in [1.807, 2.05) is 77.2 Å². The standard InChI is InChI=1S/C26H28N2O2/c1-27-23(19-9-4-2-5-10-19)14-15-24(27)25(29)28-17-20-11-8-16-26(30,22(20)18-28)21-12-6-3-7-13-21/h2-7,9-10,12-15,20,22,30H,8,11,16-18H2,1H3/t20-,22+,26+/m0/s1. The van der Waals surface area contributed by atoms with Crippen LogP contribution in [-0.2, 0) is 12.6 Å². The minimum atomic E-state index is -0.845. The lowest BCUT2D eigenvalue weighted by Gasteiger charge is -2.41. The monoisotopic (exact) mass is 400 g/mol. The van der Waals surface area contributed by atoms with Gasteiger partial charge in [-0.25, -0.2) is 0 Å². The Bertz CT molecular complexity index is 1040. The summed E-state index contributed by atoms with van der Waals surface area (Å²) in [6.45, 7) is 1.34. The maximum Gasteiger partial charge on any atom is 0.270 e. The van der Waals surface area contributed by atoms with Crippen LogP contribution in [0.4, 0.5) is 0 Å². The normalized spacial score (nSPS) is 25.9. The molecule has 1 saturated carbocycles. The van der Waals surface area contributed by atoms with Crippen molar-refractivity contribution in [2.45, 2.75) is 24.9 Å². The van der Waals surface area contributed by atoms with Crippen LogP contribution in [0.3, 0.4) is 0 Å². The van der Waals surface area contributed by atoms with E-state index in [-0.39, 0.29) is 11.8 Å². The fourth-order valence-corrected chi connectivity index (χ4v) is 5.56. The zero-order valence-electron chi connectivity index (χ0n) is 17.4. The first-order valence-corrected chi connectivity index (χ1v) is 10.9. The smallest absolute Gasteiger partial charge is 0.270 e. The first kappa shape index (κ1) is 19.1.